The lowest BCUT2D eigenvalue weighted by Crippen LogP contribution is -2.47. The van der Waals surface area contributed by atoms with E-state index < -0.39 is 6.04 Å². The van der Waals surface area contributed by atoms with Gasteiger partial charge in [-0.1, -0.05) is 37.5 Å². The summed E-state index contributed by atoms with van der Waals surface area (Å²) in [5, 5.41) is 17.7. The number of carbonyl (C=O) groups is 3. The molecule has 0 radical (unpaired) electrons. The second-order valence-corrected chi connectivity index (χ2v) is 10.1. The minimum atomic E-state index is -0.924. The third kappa shape index (κ3) is 6.51. The molecule has 3 aromatic rings. The molecule has 7 nitrogen and oxygen atoms in total. The first-order valence-corrected chi connectivity index (χ1v) is 13.1. The molecule has 3 amide bonds. The first-order valence-electron chi connectivity index (χ1n) is 12.2. The summed E-state index contributed by atoms with van der Waals surface area (Å²) in [6.45, 7) is 1.43. The molecule has 4 rings (SSSR count). The molecule has 1 aliphatic rings. The highest BCUT2D eigenvalue weighted by molar-refractivity contribution is 7.10. The fourth-order valence-corrected chi connectivity index (χ4v) is 5.29. The summed E-state index contributed by atoms with van der Waals surface area (Å²) >= 11 is 1.49. The summed E-state index contributed by atoms with van der Waals surface area (Å²) in [6, 6.07) is 16.3. The maximum atomic E-state index is 13.8. The van der Waals surface area contributed by atoms with Crippen molar-refractivity contribution in [1.29, 1.82) is 0 Å². The van der Waals surface area contributed by atoms with Gasteiger partial charge in [0.25, 0.3) is 0 Å². The first-order chi connectivity index (χ1) is 17.4. The van der Waals surface area contributed by atoms with Crippen molar-refractivity contribution in [3.05, 3.63) is 76.5 Å². The molecule has 1 fully saturated rings. The largest absolute Gasteiger partial charge is 0.508 e. The van der Waals surface area contributed by atoms with E-state index >= 15 is 0 Å². The smallest absolute Gasteiger partial charge is 0.248 e. The predicted octanol–water partition coefficient (Wildman–Crippen LogP) is 5.18. The van der Waals surface area contributed by atoms with Crippen LogP contribution in [-0.4, -0.2) is 28.9 Å². The Morgan fingerprint density at radius 2 is 1.69 bits per heavy atom. The number of benzene rings is 2. The van der Waals surface area contributed by atoms with Gasteiger partial charge >= 0.3 is 0 Å². The molecule has 1 heterocycles. The van der Waals surface area contributed by atoms with Crippen LogP contribution in [0.5, 0.6) is 5.75 Å². The average Bonchev–Trinajstić information content (AvgIpc) is 3.37. The van der Waals surface area contributed by atoms with Crippen LogP contribution in [0.3, 0.4) is 0 Å². The van der Waals surface area contributed by atoms with E-state index in [1.54, 1.807) is 36.4 Å². The van der Waals surface area contributed by atoms with Crippen LogP contribution in [0.25, 0.3) is 0 Å². The van der Waals surface area contributed by atoms with E-state index in [0.717, 1.165) is 30.6 Å². The third-order valence-corrected chi connectivity index (χ3v) is 7.18. The Morgan fingerprint density at radius 3 is 2.31 bits per heavy atom. The molecule has 8 heteroatoms. The van der Waals surface area contributed by atoms with E-state index in [9.17, 15) is 19.5 Å². The van der Waals surface area contributed by atoms with Crippen molar-refractivity contribution in [3.63, 3.8) is 0 Å². The van der Waals surface area contributed by atoms with Gasteiger partial charge in [-0.05, 0) is 66.2 Å². The number of amides is 3. The summed E-state index contributed by atoms with van der Waals surface area (Å²) in [6.07, 6.45) is 5.29. The molecule has 0 aliphatic heterocycles. The molecule has 1 aliphatic carbocycles. The lowest BCUT2D eigenvalue weighted by atomic mass is 9.94. The molecular weight excluding hydrogens is 474 g/mol. The minimum Gasteiger partial charge on any atom is -0.508 e. The highest BCUT2D eigenvalue weighted by Gasteiger charge is 2.34. The molecular formula is C28H31N3O4S. The predicted molar refractivity (Wildman–Crippen MR) is 142 cm³/mol. The Morgan fingerprint density at radius 1 is 1.00 bits per heavy atom. The molecule has 188 valence electrons. The van der Waals surface area contributed by atoms with E-state index in [-0.39, 0.29) is 35.9 Å². The van der Waals surface area contributed by atoms with Crippen LogP contribution in [0.4, 0.5) is 11.4 Å². The van der Waals surface area contributed by atoms with E-state index in [1.807, 2.05) is 17.5 Å². The standard InChI is InChI=1S/C28H31N3O4S/c1-19(32)29-22-11-13-23(14-12-22)31(26(34)18-25-8-5-17-36-25)27(20-9-15-24(33)16-10-20)28(35)30-21-6-3-2-4-7-21/h5,8-17,21,27,33H,2-4,6-7,18H2,1H3,(H,29,32)(H,30,35)/t27-/m0/s1. The summed E-state index contributed by atoms with van der Waals surface area (Å²) in [5.41, 5.74) is 1.75. The van der Waals surface area contributed by atoms with Gasteiger partial charge in [0.15, 0.2) is 0 Å². The topological polar surface area (TPSA) is 98.7 Å². The lowest BCUT2D eigenvalue weighted by Gasteiger charge is -2.33. The molecule has 0 saturated heterocycles. The van der Waals surface area contributed by atoms with Crippen LogP contribution in [0.15, 0.2) is 66.0 Å². The van der Waals surface area contributed by atoms with Crippen molar-refractivity contribution < 1.29 is 19.5 Å². The van der Waals surface area contributed by atoms with Crippen molar-refractivity contribution in [1.82, 2.24) is 5.32 Å². The van der Waals surface area contributed by atoms with E-state index in [4.69, 9.17) is 0 Å². The van der Waals surface area contributed by atoms with Gasteiger partial charge < -0.3 is 15.7 Å². The molecule has 0 unspecified atom stereocenters. The van der Waals surface area contributed by atoms with Crippen molar-refractivity contribution in [2.75, 3.05) is 10.2 Å². The highest BCUT2D eigenvalue weighted by atomic mass is 32.1. The summed E-state index contributed by atoms with van der Waals surface area (Å²) in [5.74, 6) is -0.580. The number of thiophene rings is 1. The van der Waals surface area contributed by atoms with Crippen molar-refractivity contribution >= 4 is 40.4 Å². The normalized spacial score (nSPS) is 14.6. The molecule has 3 N–H and O–H groups in total. The van der Waals surface area contributed by atoms with Crippen LogP contribution in [0.2, 0.25) is 0 Å². The van der Waals surface area contributed by atoms with E-state index in [0.29, 0.717) is 16.9 Å². The average molecular weight is 506 g/mol. The Labute approximate surface area is 215 Å². The number of phenolic OH excluding ortho intramolecular Hbond substituents is 1. The zero-order valence-electron chi connectivity index (χ0n) is 20.3. The second kappa shape index (κ2) is 11.9. The number of anilines is 2. The molecule has 0 spiro atoms. The van der Waals surface area contributed by atoms with Gasteiger partial charge in [-0.3, -0.25) is 19.3 Å². The van der Waals surface area contributed by atoms with E-state index in [2.05, 4.69) is 10.6 Å². The lowest BCUT2D eigenvalue weighted by molar-refractivity contribution is -0.127. The Kier molecular flexibility index (Phi) is 8.38. The highest BCUT2D eigenvalue weighted by Crippen LogP contribution is 2.32. The van der Waals surface area contributed by atoms with Crippen LogP contribution in [-0.2, 0) is 20.8 Å². The third-order valence-electron chi connectivity index (χ3n) is 6.31. The maximum absolute atomic E-state index is 13.8. The maximum Gasteiger partial charge on any atom is 0.248 e. The van der Waals surface area contributed by atoms with Gasteiger partial charge in [-0.2, -0.15) is 0 Å². The molecule has 1 atom stereocenters. The minimum absolute atomic E-state index is 0.0715. The number of rotatable bonds is 8. The van der Waals surface area contributed by atoms with Crippen LogP contribution in [0, 0.1) is 0 Å². The van der Waals surface area contributed by atoms with Gasteiger partial charge in [-0.25, -0.2) is 0 Å². The summed E-state index contributed by atoms with van der Waals surface area (Å²) in [7, 11) is 0. The van der Waals surface area contributed by atoms with Gasteiger partial charge in [0, 0.05) is 29.2 Å². The number of hydrogen-bond donors (Lipinski definition) is 3. The Bertz CT molecular complexity index is 1170. The van der Waals surface area contributed by atoms with Crippen molar-refractivity contribution in [2.24, 2.45) is 0 Å². The molecule has 1 aromatic heterocycles. The SMILES string of the molecule is CC(=O)Nc1ccc(N(C(=O)Cc2cccs2)[C@H](C(=O)NC2CCCCC2)c2ccc(O)cc2)cc1. The first kappa shape index (κ1) is 25.4. The number of hydrogen-bond acceptors (Lipinski definition) is 5. The number of nitrogens with zero attached hydrogens (tertiary/aromatic N) is 1. The van der Waals surface area contributed by atoms with Crippen molar-refractivity contribution in [2.45, 2.75) is 57.5 Å². The van der Waals surface area contributed by atoms with Gasteiger partial charge in [-0.15, -0.1) is 11.3 Å². The Balaban J connectivity index is 1.73. The van der Waals surface area contributed by atoms with Gasteiger partial charge in [0.1, 0.15) is 11.8 Å². The number of phenols is 1. The molecule has 1 saturated carbocycles. The molecule has 36 heavy (non-hydrogen) atoms. The fraction of sp³-hybridized carbons (Fsp3) is 0.321. The fourth-order valence-electron chi connectivity index (χ4n) is 4.59. The van der Waals surface area contributed by atoms with Crippen LogP contribution < -0.4 is 15.5 Å². The second-order valence-electron chi connectivity index (χ2n) is 9.09. The number of nitrogens with one attached hydrogen (secondary N) is 2. The number of aromatic hydroxyl groups is 1. The summed E-state index contributed by atoms with van der Waals surface area (Å²) in [4.78, 5) is 41.5. The quantitative estimate of drug-likeness (QED) is 0.393. The van der Waals surface area contributed by atoms with Crippen LogP contribution >= 0.6 is 11.3 Å². The van der Waals surface area contributed by atoms with Gasteiger partial charge in [0.05, 0.1) is 6.42 Å². The Hall–Kier alpha value is -3.65. The van der Waals surface area contributed by atoms with Gasteiger partial charge in [0.2, 0.25) is 17.7 Å². The van der Waals surface area contributed by atoms with Crippen molar-refractivity contribution in [3.8, 4) is 5.75 Å². The molecule has 0 bridgehead atoms. The zero-order chi connectivity index (χ0) is 25.5. The summed E-state index contributed by atoms with van der Waals surface area (Å²) < 4.78 is 0. The van der Waals surface area contributed by atoms with E-state index in [1.165, 1.54) is 41.7 Å². The zero-order valence-corrected chi connectivity index (χ0v) is 21.1. The van der Waals surface area contributed by atoms with Crippen LogP contribution in [0.1, 0.15) is 55.5 Å². The number of carbonyl (C=O) groups excluding carboxylic acids is 3. The molecule has 2 aromatic carbocycles. The monoisotopic (exact) mass is 505 g/mol.